The Morgan fingerprint density at radius 1 is 0.793 bits per heavy atom. The fourth-order valence-electron chi connectivity index (χ4n) is 3.76. The van der Waals surface area contributed by atoms with Crippen LogP contribution in [0.25, 0.3) is 11.1 Å². The molecule has 0 radical (unpaired) electrons. The van der Waals surface area contributed by atoms with E-state index in [-0.39, 0.29) is 5.91 Å². The maximum Gasteiger partial charge on any atom is 0.302 e. The largest absolute Gasteiger partial charge is 0.423 e. The SMILES string of the molecule is CCCCCCCCCCCCCCCCCC(=O)Nc1nc2ccccc2o1. The van der Waals surface area contributed by atoms with Gasteiger partial charge in [0, 0.05) is 6.42 Å². The Kier molecular flexibility index (Phi) is 12.2. The minimum absolute atomic E-state index is 0.00810. The summed E-state index contributed by atoms with van der Waals surface area (Å²) in [5.41, 5.74) is 1.48. The van der Waals surface area contributed by atoms with E-state index < -0.39 is 0 Å². The molecule has 0 atom stereocenters. The van der Waals surface area contributed by atoms with Gasteiger partial charge in [0.2, 0.25) is 5.91 Å². The normalized spacial score (nSPS) is 11.2. The number of nitrogens with one attached hydrogen (secondary N) is 1. The maximum absolute atomic E-state index is 12.0. The van der Waals surface area contributed by atoms with E-state index in [1.807, 2.05) is 24.3 Å². The van der Waals surface area contributed by atoms with Gasteiger partial charge in [-0.25, -0.2) is 0 Å². The monoisotopic (exact) mass is 400 g/mol. The highest BCUT2D eigenvalue weighted by atomic mass is 16.4. The first-order chi connectivity index (χ1) is 14.3. The number of para-hydroxylation sites is 2. The van der Waals surface area contributed by atoms with Crippen LogP contribution < -0.4 is 5.32 Å². The zero-order chi connectivity index (χ0) is 20.6. The molecule has 1 heterocycles. The Morgan fingerprint density at radius 3 is 1.86 bits per heavy atom. The lowest BCUT2D eigenvalue weighted by molar-refractivity contribution is -0.116. The van der Waals surface area contributed by atoms with Crippen LogP contribution in [0.15, 0.2) is 28.7 Å². The average molecular weight is 401 g/mol. The summed E-state index contributed by atoms with van der Waals surface area (Å²) in [6.07, 6.45) is 20.5. The van der Waals surface area contributed by atoms with Gasteiger partial charge < -0.3 is 4.42 Å². The predicted molar refractivity (Wildman–Crippen MR) is 122 cm³/mol. The van der Waals surface area contributed by atoms with E-state index in [4.69, 9.17) is 4.42 Å². The minimum atomic E-state index is -0.00810. The smallest absolute Gasteiger partial charge is 0.302 e. The number of unbranched alkanes of at least 4 members (excludes halogenated alkanes) is 14. The van der Waals surface area contributed by atoms with E-state index in [0.717, 1.165) is 18.4 Å². The molecule has 0 saturated heterocycles. The van der Waals surface area contributed by atoms with Gasteiger partial charge in [0.15, 0.2) is 5.58 Å². The molecule has 2 rings (SSSR count). The molecular formula is C25H40N2O2. The number of aromatic nitrogens is 1. The van der Waals surface area contributed by atoms with Gasteiger partial charge in [0.25, 0.3) is 0 Å². The van der Waals surface area contributed by atoms with Crippen LogP contribution in [0, 0.1) is 0 Å². The van der Waals surface area contributed by atoms with Crippen LogP contribution in [0.1, 0.15) is 110 Å². The molecule has 0 unspecified atom stereocenters. The first-order valence-corrected chi connectivity index (χ1v) is 11.9. The molecule has 0 aliphatic heterocycles. The maximum atomic E-state index is 12.0. The fourth-order valence-corrected chi connectivity index (χ4v) is 3.76. The van der Waals surface area contributed by atoms with Crippen LogP contribution in [0.5, 0.6) is 0 Å². The number of amides is 1. The summed E-state index contributed by atoms with van der Waals surface area (Å²) in [6, 6.07) is 7.84. The number of carbonyl (C=O) groups excluding carboxylic acids is 1. The van der Waals surface area contributed by atoms with Crippen LogP contribution in [-0.2, 0) is 4.79 Å². The van der Waals surface area contributed by atoms with Gasteiger partial charge in [-0.3, -0.25) is 10.1 Å². The summed E-state index contributed by atoms with van der Waals surface area (Å²) in [5, 5.41) is 2.76. The Bertz CT molecular complexity index is 647. The van der Waals surface area contributed by atoms with Crippen LogP contribution in [-0.4, -0.2) is 10.9 Å². The third-order valence-corrected chi connectivity index (χ3v) is 5.55. The zero-order valence-corrected chi connectivity index (χ0v) is 18.4. The number of hydrogen-bond donors (Lipinski definition) is 1. The third kappa shape index (κ3) is 10.5. The van der Waals surface area contributed by atoms with Crippen LogP contribution in [0.3, 0.4) is 0 Å². The van der Waals surface area contributed by atoms with Crippen LogP contribution in [0.4, 0.5) is 6.01 Å². The van der Waals surface area contributed by atoms with Crippen molar-refractivity contribution in [1.82, 2.24) is 4.98 Å². The molecule has 1 aromatic heterocycles. The molecule has 0 aliphatic rings. The second-order valence-corrected chi connectivity index (χ2v) is 8.23. The number of benzene rings is 1. The number of oxazole rings is 1. The number of carbonyl (C=O) groups is 1. The first kappa shape index (κ1) is 23.4. The number of fused-ring (bicyclic) bond motifs is 1. The molecule has 4 heteroatoms. The van der Waals surface area contributed by atoms with Crippen molar-refractivity contribution in [2.24, 2.45) is 0 Å². The minimum Gasteiger partial charge on any atom is -0.423 e. The van der Waals surface area contributed by atoms with Crippen LogP contribution >= 0.6 is 0 Å². The number of rotatable bonds is 17. The van der Waals surface area contributed by atoms with Crippen molar-refractivity contribution in [2.45, 2.75) is 110 Å². The number of anilines is 1. The molecule has 0 bridgehead atoms. The summed E-state index contributed by atoms with van der Waals surface area (Å²) in [5.74, 6) is -0.00810. The number of hydrogen-bond acceptors (Lipinski definition) is 3. The Hall–Kier alpha value is -1.84. The number of nitrogens with zero attached hydrogens (tertiary/aromatic N) is 1. The summed E-state index contributed by atoms with van der Waals surface area (Å²) in [6.45, 7) is 2.28. The van der Waals surface area contributed by atoms with Gasteiger partial charge in [-0.1, -0.05) is 109 Å². The zero-order valence-electron chi connectivity index (χ0n) is 18.4. The van der Waals surface area contributed by atoms with Crippen molar-refractivity contribution in [2.75, 3.05) is 5.32 Å². The fraction of sp³-hybridized carbons (Fsp3) is 0.680. The van der Waals surface area contributed by atoms with E-state index in [2.05, 4.69) is 17.2 Å². The third-order valence-electron chi connectivity index (χ3n) is 5.55. The van der Waals surface area contributed by atoms with Gasteiger partial charge in [-0.2, -0.15) is 4.98 Å². The van der Waals surface area contributed by atoms with Crippen molar-refractivity contribution in [3.8, 4) is 0 Å². The van der Waals surface area contributed by atoms with E-state index in [0.29, 0.717) is 18.0 Å². The molecule has 0 saturated carbocycles. The highest BCUT2D eigenvalue weighted by Gasteiger charge is 2.08. The molecular weight excluding hydrogens is 360 g/mol. The summed E-state index contributed by atoms with van der Waals surface area (Å²) >= 11 is 0. The van der Waals surface area contributed by atoms with Gasteiger partial charge in [0.05, 0.1) is 0 Å². The van der Waals surface area contributed by atoms with Crippen molar-refractivity contribution in [1.29, 1.82) is 0 Å². The lowest BCUT2D eigenvalue weighted by Crippen LogP contribution is -2.11. The second kappa shape index (κ2) is 15.1. The molecule has 4 nitrogen and oxygen atoms in total. The van der Waals surface area contributed by atoms with Gasteiger partial charge in [-0.15, -0.1) is 0 Å². The van der Waals surface area contributed by atoms with Crippen molar-refractivity contribution in [3.63, 3.8) is 0 Å². The lowest BCUT2D eigenvalue weighted by Gasteiger charge is -2.03. The van der Waals surface area contributed by atoms with Crippen molar-refractivity contribution >= 4 is 23.0 Å². The van der Waals surface area contributed by atoms with E-state index in [1.165, 1.54) is 83.5 Å². The Morgan fingerprint density at radius 2 is 1.31 bits per heavy atom. The summed E-state index contributed by atoms with van der Waals surface area (Å²) in [7, 11) is 0. The van der Waals surface area contributed by atoms with E-state index in [1.54, 1.807) is 0 Å². The molecule has 1 amide bonds. The summed E-state index contributed by atoms with van der Waals surface area (Å²) in [4.78, 5) is 16.3. The molecule has 162 valence electrons. The van der Waals surface area contributed by atoms with E-state index >= 15 is 0 Å². The van der Waals surface area contributed by atoms with Gasteiger partial charge >= 0.3 is 6.01 Å². The van der Waals surface area contributed by atoms with Crippen LogP contribution in [0.2, 0.25) is 0 Å². The highest BCUT2D eigenvalue weighted by molar-refractivity contribution is 5.89. The highest BCUT2D eigenvalue weighted by Crippen LogP contribution is 2.18. The Labute approximate surface area is 176 Å². The first-order valence-electron chi connectivity index (χ1n) is 11.9. The molecule has 0 spiro atoms. The predicted octanol–water partition coefficient (Wildman–Crippen LogP) is 8.03. The van der Waals surface area contributed by atoms with Crippen molar-refractivity contribution < 1.29 is 9.21 Å². The van der Waals surface area contributed by atoms with Gasteiger partial charge in [-0.05, 0) is 18.6 Å². The Balaban J connectivity index is 1.36. The van der Waals surface area contributed by atoms with Crippen molar-refractivity contribution in [3.05, 3.63) is 24.3 Å². The molecule has 0 aliphatic carbocycles. The molecule has 0 fully saturated rings. The molecule has 1 aromatic carbocycles. The standard InChI is InChI=1S/C25H40N2O2/c1-2-3-4-5-6-7-8-9-10-11-12-13-14-15-16-21-24(28)27-25-26-22-19-17-18-20-23(22)29-25/h17-20H,2-16,21H2,1H3,(H,26,27,28). The quantitative estimate of drug-likeness (QED) is 0.273. The van der Waals surface area contributed by atoms with E-state index in [9.17, 15) is 4.79 Å². The summed E-state index contributed by atoms with van der Waals surface area (Å²) < 4.78 is 5.52. The average Bonchev–Trinajstić information content (AvgIpc) is 3.13. The lowest BCUT2D eigenvalue weighted by atomic mass is 10.0. The topological polar surface area (TPSA) is 55.1 Å². The molecule has 29 heavy (non-hydrogen) atoms. The van der Waals surface area contributed by atoms with Gasteiger partial charge in [0.1, 0.15) is 5.52 Å². The molecule has 1 N–H and O–H groups in total. The molecule has 2 aromatic rings. The second-order valence-electron chi connectivity index (χ2n) is 8.23.